The van der Waals surface area contributed by atoms with Crippen LogP contribution in [0.5, 0.6) is 5.75 Å². The number of hydrogen-bond donors (Lipinski definition) is 2. The SMILES string of the molecule is CCc1c2c(nc3ccc(OC(=O)NC(CC(C)C)C(=O)O)cc13)-c1cc3c(c(=O)n1C2)COC(=O)[C@@]3(CC)OC. The Hall–Kier alpha value is -4.25. The topological polar surface area (TPSA) is 146 Å². The molecular weight excluding hydrogens is 530 g/mol. The minimum Gasteiger partial charge on any atom is -0.480 e. The molecule has 216 valence electrons. The number of carbonyl (C=O) groups is 3. The van der Waals surface area contributed by atoms with Crippen LogP contribution < -0.4 is 15.6 Å². The van der Waals surface area contributed by atoms with E-state index in [-0.39, 0.29) is 30.3 Å². The van der Waals surface area contributed by atoms with Crippen molar-refractivity contribution in [3.8, 4) is 17.1 Å². The van der Waals surface area contributed by atoms with E-state index in [1.54, 1.807) is 22.8 Å². The van der Waals surface area contributed by atoms with Crippen molar-refractivity contribution in [2.24, 2.45) is 5.92 Å². The lowest BCUT2D eigenvalue weighted by atomic mass is 9.85. The number of carboxylic acids is 1. The number of aromatic nitrogens is 2. The molecule has 41 heavy (non-hydrogen) atoms. The first-order chi connectivity index (χ1) is 19.5. The molecular formula is C30H33N3O8. The van der Waals surface area contributed by atoms with Gasteiger partial charge in [-0.3, -0.25) is 4.79 Å². The second kappa shape index (κ2) is 10.6. The van der Waals surface area contributed by atoms with Crippen LogP contribution in [0.4, 0.5) is 4.79 Å². The van der Waals surface area contributed by atoms with Gasteiger partial charge in [0.05, 0.1) is 29.0 Å². The zero-order valence-electron chi connectivity index (χ0n) is 23.7. The van der Waals surface area contributed by atoms with Crippen LogP contribution in [-0.2, 0) is 44.2 Å². The van der Waals surface area contributed by atoms with Crippen LogP contribution in [0.3, 0.4) is 0 Å². The molecule has 1 amide bonds. The normalized spacial score (nSPS) is 18.0. The van der Waals surface area contributed by atoms with E-state index in [9.17, 15) is 24.3 Å². The average molecular weight is 564 g/mol. The number of methoxy groups -OCH3 is 1. The number of carboxylic acid groups (broad SMARTS) is 1. The number of benzene rings is 1. The van der Waals surface area contributed by atoms with Gasteiger partial charge in [-0.05, 0) is 55.0 Å². The largest absolute Gasteiger partial charge is 0.480 e. The number of aliphatic carboxylic acids is 1. The molecule has 0 saturated heterocycles. The third-order valence-corrected chi connectivity index (χ3v) is 7.95. The quantitative estimate of drug-likeness (QED) is 0.305. The number of carbonyl (C=O) groups excluding carboxylic acids is 2. The van der Waals surface area contributed by atoms with E-state index in [1.165, 1.54) is 7.11 Å². The van der Waals surface area contributed by atoms with Crippen LogP contribution in [0.1, 0.15) is 62.8 Å². The summed E-state index contributed by atoms with van der Waals surface area (Å²) in [6.07, 6.45) is 0.333. The van der Waals surface area contributed by atoms with Gasteiger partial charge in [0, 0.05) is 23.6 Å². The highest BCUT2D eigenvalue weighted by Crippen LogP contribution is 2.42. The van der Waals surface area contributed by atoms with Crippen molar-refractivity contribution in [1.29, 1.82) is 0 Å². The van der Waals surface area contributed by atoms with Gasteiger partial charge < -0.3 is 29.2 Å². The standard InChI is InChI=1S/C30H33N3O8/c1-6-17-18-11-16(41-29(38)32-23(27(35)36)10-15(3)4)8-9-22(18)31-25-19(17)13-33-24(25)12-21-20(26(33)34)14-40-28(37)30(21,7-2)39-5/h8-9,11-12,15,23H,6-7,10,13-14H2,1-5H3,(H,32,38)(H,35,36)/t23?,30-/m0/s1. The Balaban J connectivity index is 1.55. The zero-order chi connectivity index (χ0) is 29.6. The van der Waals surface area contributed by atoms with Crippen LogP contribution in [0.25, 0.3) is 22.3 Å². The summed E-state index contributed by atoms with van der Waals surface area (Å²) in [5.41, 5.74) is 3.00. The molecule has 0 spiro atoms. The highest BCUT2D eigenvalue weighted by atomic mass is 16.6. The van der Waals surface area contributed by atoms with Gasteiger partial charge in [0.15, 0.2) is 5.60 Å². The highest BCUT2D eigenvalue weighted by molar-refractivity contribution is 5.90. The van der Waals surface area contributed by atoms with E-state index in [2.05, 4.69) is 5.32 Å². The smallest absolute Gasteiger partial charge is 0.413 e. The Bertz CT molecular complexity index is 1640. The minimum atomic E-state index is -1.36. The molecule has 2 atom stereocenters. The predicted molar refractivity (Wildman–Crippen MR) is 149 cm³/mol. The van der Waals surface area contributed by atoms with E-state index < -0.39 is 29.7 Å². The fourth-order valence-electron chi connectivity index (χ4n) is 5.91. The first-order valence-electron chi connectivity index (χ1n) is 13.7. The molecule has 2 aliphatic rings. The molecule has 0 fully saturated rings. The lowest BCUT2D eigenvalue weighted by Crippen LogP contribution is -2.45. The Morgan fingerprint density at radius 2 is 1.95 bits per heavy atom. The van der Waals surface area contributed by atoms with Crippen molar-refractivity contribution in [1.82, 2.24) is 14.9 Å². The Labute approximate surface area is 236 Å². The number of fused-ring (bicyclic) bond motifs is 5. The fourth-order valence-corrected chi connectivity index (χ4v) is 5.91. The Morgan fingerprint density at radius 3 is 2.59 bits per heavy atom. The number of rotatable bonds is 8. The third kappa shape index (κ3) is 4.63. The molecule has 0 saturated carbocycles. The van der Waals surface area contributed by atoms with E-state index in [0.29, 0.717) is 47.4 Å². The van der Waals surface area contributed by atoms with Crippen molar-refractivity contribution >= 4 is 28.9 Å². The van der Waals surface area contributed by atoms with E-state index >= 15 is 0 Å². The van der Waals surface area contributed by atoms with Gasteiger partial charge >= 0.3 is 18.0 Å². The zero-order valence-corrected chi connectivity index (χ0v) is 23.7. The maximum absolute atomic E-state index is 13.7. The average Bonchev–Trinajstić information content (AvgIpc) is 3.30. The van der Waals surface area contributed by atoms with Crippen molar-refractivity contribution in [3.05, 3.63) is 56.9 Å². The molecule has 2 aliphatic heterocycles. The summed E-state index contributed by atoms with van der Waals surface area (Å²) in [6.45, 7) is 7.73. The summed E-state index contributed by atoms with van der Waals surface area (Å²) in [5, 5.41) is 12.6. The Kier molecular flexibility index (Phi) is 7.33. The van der Waals surface area contributed by atoms with Crippen molar-refractivity contribution in [2.75, 3.05) is 7.11 Å². The molecule has 2 N–H and O–H groups in total. The van der Waals surface area contributed by atoms with Gasteiger partial charge in [-0.25, -0.2) is 19.4 Å². The Morgan fingerprint density at radius 1 is 1.20 bits per heavy atom. The van der Waals surface area contributed by atoms with Gasteiger partial charge in [0.2, 0.25) is 0 Å². The molecule has 1 unspecified atom stereocenters. The second-order valence-electron chi connectivity index (χ2n) is 10.8. The molecule has 11 nitrogen and oxygen atoms in total. The summed E-state index contributed by atoms with van der Waals surface area (Å²) in [5.74, 6) is -1.34. The first-order valence-corrected chi connectivity index (χ1v) is 13.7. The van der Waals surface area contributed by atoms with Crippen LogP contribution in [0, 0.1) is 5.92 Å². The fraction of sp³-hybridized carbons (Fsp3) is 0.433. The summed E-state index contributed by atoms with van der Waals surface area (Å²) >= 11 is 0. The number of nitrogens with one attached hydrogen (secondary N) is 1. The third-order valence-electron chi connectivity index (χ3n) is 7.95. The van der Waals surface area contributed by atoms with Crippen LogP contribution in [0.2, 0.25) is 0 Å². The maximum Gasteiger partial charge on any atom is 0.413 e. The molecule has 1 aromatic carbocycles. The van der Waals surface area contributed by atoms with Crippen LogP contribution in [-0.4, -0.2) is 45.8 Å². The predicted octanol–water partition coefficient (Wildman–Crippen LogP) is 3.88. The van der Waals surface area contributed by atoms with Crippen LogP contribution in [0.15, 0.2) is 29.1 Å². The lowest BCUT2D eigenvalue weighted by molar-refractivity contribution is -0.176. The summed E-state index contributed by atoms with van der Waals surface area (Å²) in [7, 11) is 1.44. The van der Waals surface area contributed by atoms with Crippen molar-refractivity contribution < 1.29 is 33.7 Å². The molecule has 0 radical (unpaired) electrons. The molecule has 4 heterocycles. The van der Waals surface area contributed by atoms with Crippen LogP contribution >= 0.6 is 0 Å². The monoisotopic (exact) mass is 563 g/mol. The second-order valence-corrected chi connectivity index (χ2v) is 10.8. The molecule has 3 aromatic rings. The van der Waals surface area contributed by atoms with Crippen molar-refractivity contribution in [2.45, 2.75) is 71.8 Å². The minimum absolute atomic E-state index is 0.0698. The number of esters is 1. The number of amides is 1. The van der Waals surface area contributed by atoms with Gasteiger partial charge in [-0.15, -0.1) is 0 Å². The van der Waals surface area contributed by atoms with Gasteiger partial charge in [0.1, 0.15) is 18.4 Å². The first kappa shape index (κ1) is 28.3. The number of nitrogens with zero attached hydrogens (tertiary/aromatic N) is 2. The lowest BCUT2D eigenvalue weighted by Gasteiger charge is -2.34. The highest BCUT2D eigenvalue weighted by Gasteiger charge is 2.47. The number of pyridine rings is 2. The summed E-state index contributed by atoms with van der Waals surface area (Å²) in [4.78, 5) is 55.4. The summed E-state index contributed by atoms with van der Waals surface area (Å²) in [6, 6.07) is 5.79. The van der Waals surface area contributed by atoms with Gasteiger partial charge in [-0.2, -0.15) is 0 Å². The molecule has 0 bridgehead atoms. The number of cyclic esters (lactones) is 1. The number of aryl methyl sites for hydroxylation is 1. The molecule has 2 aromatic heterocycles. The van der Waals surface area contributed by atoms with Gasteiger partial charge in [0.25, 0.3) is 5.56 Å². The molecule has 0 aliphatic carbocycles. The van der Waals surface area contributed by atoms with E-state index in [0.717, 1.165) is 16.5 Å². The molecule has 11 heteroatoms. The maximum atomic E-state index is 13.7. The van der Waals surface area contributed by atoms with Gasteiger partial charge in [-0.1, -0.05) is 27.7 Å². The van der Waals surface area contributed by atoms with E-state index in [4.69, 9.17) is 19.2 Å². The number of hydrogen-bond acceptors (Lipinski definition) is 8. The molecule has 5 rings (SSSR count). The number of ether oxygens (including phenoxy) is 3. The van der Waals surface area contributed by atoms with E-state index in [1.807, 2.05) is 33.8 Å². The summed E-state index contributed by atoms with van der Waals surface area (Å²) < 4.78 is 18.1. The van der Waals surface area contributed by atoms with Crippen molar-refractivity contribution in [3.63, 3.8) is 0 Å².